The SMILES string of the molecule is CCCc1ccc(-c2ccc(NC(=O)C(N)COC)cc2)cc1. The molecule has 2 aromatic rings. The van der Waals surface area contributed by atoms with Crippen LogP contribution in [0.4, 0.5) is 5.69 Å². The third kappa shape index (κ3) is 4.91. The number of nitrogens with one attached hydrogen (secondary N) is 1. The third-order valence-corrected chi connectivity index (χ3v) is 3.66. The summed E-state index contributed by atoms with van der Waals surface area (Å²) >= 11 is 0. The molecule has 3 N–H and O–H groups in total. The van der Waals surface area contributed by atoms with E-state index in [1.54, 1.807) is 0 Å². The van der Waals surface area contributed by atoms with Crippen LogP contribution in [0, 0.1) is 0 Å². The van der Waals surface area contributed by atoms with Gasteiger partial charge in [-0.2, -0.15) is 0 Å². The summed E-state index contributed by atoms with van der Waals surface area (Å²) in [6, 6.07) is 15.7. The molecule has 0 aliphatic heterocycles. The van der Waals surface area contributed by atoms with E-state index in [-0.39, 0.29) is 12.5 Å². The number of anilines is 1. The molecule has 0 aliphatic rings. The summed E-state index contributed by atoms with van der Waals surface area (Å²) in [5.74, 6) is -0.247. The van der Waals surface area contributed by atoms with Crippen molar-refractivity contribution in [2.75, 3.05) is 19.0 Å². The van der Waals surface area contributed by atoms with Gasteiger partial charge in [0.2, 0.25) is 5.91 Å². The number of hydrogen-bond acceptors (Lipinski definition) is 3. The maximum absolute atomic E-state index is 11.8. The summed E-state index contributed by atoms with van der Waals surface area (Å²) in [5, 5.41) is 2.79. The molecule has 1 atom stereocenters. The molecule has 0 saturated heterocycles. The lowest BCUT2D eigenvalue weighted by atomic mass is 10.0. The van der Waals surface area contributed by atoms with E-state index in [4.69, 9.17) is 10.5 Å². The maximum Gasteiger partial charge on any atom is 0.243 e. The number of benzene rings is 2. The highest BCUT2D eigenvalue weighted by Gasteiger charge is 2.12. The largest absolute Gasteiger partial charge is 0.383 e. The molecule has 2 aromatic carbocycles. The smallest absolute Gasteiger partial charge is 0.243 e. The number of rotatable bonds is 7. The third-order valence-electron chi connectivity index (χ3n) is 3.66. The van der Waals surface area contributed by atoms with Gasteiger partial charge < -0.3 is 15.8 Å². The van der Waals surface area contributed by atoms with E-state index in [9.17, 15) is 4.79 Å². The van der Waals surface area contributed by atoms with Crippen LogP contribution in [-0.4, -0.2) is 25.7 Å². The fourth-order valence-corrected chi connectivity index (χ4v) is 2.39. The zero-order valence-corrected chi connectivity index (χ0v) is 13.7. The molecule has 2 rings (SSSR count). The lowest BCUT2D eigenvalue weighted by Gasteiger charge is -2.11. The molecule has 0 radical (unpaired) electrons. The van der Waals surface area contributed by atoms with Crippen LogP contribution in [0.5, 0.6) is 0 Å². The fourth-order valence-electron chi connectivity index (χ4n) is 2.39. The van der Waals surface area contributed by atoms with E-state index in [2.05, 4.69) is 36.5 Å². The Morgan fingerprint density at radius 1 is 1.09 bits per heavy atom. The van der Waals surface area contributed by atoms with Crippen LogP contribution in [0.3, 0.4) is 0 Å². The lowest BCUT2D eigenvalue weighted by molar-refractivity contribution is -0.118. The minimum Gasteiger partial charge on any atom is -0.383 e. The zero-order valence-electron chi connectivity index (χ0n) is 13.7. The van der Waals surface area contributed by atoms with Gasteiger partial charge in [-0.3, -0.25) is 4.79 Å². The quantitative estimate of drug-likeness (QED) is 0.825. The highest BCUT2D eigenvalue weighted by molar-refractivity contribution is 5.95. The minimum absolute atomic E-state index is 0.202. The molecular formula is C19H24N2O2. The van der Waals surface area contributed by atoms with Crippen molar-refractivity contribution in [3.8, 4) is 11.1 Å². The van der Waals surface area contributed by atoms with E-state index in [0.29, 0.717) is 0 Å². The highest BCUT2D eigenvalue weighted by Crippen LogP contribution is 2.22. The average molecular weight is 312 g/mol. The van der Waals surface area contributed by atoms with E-state index < -0.39 is 6.04 Å². The Kier molecular flexibility index (Phi) is 6.32. The summed E-state index contributed by atoms with van der Waals surface area (Å²) in [5.41, 5.74) is 10.1. The number of nitrogens with two attached hydrogens (primary N) is 1. The van der Waals surface area contributed by atoms with Gasteiger partial charge in [0.25, 0.3) is 0 Å². The van der Waals surface area contributed by atoms with Crippen LogP contribution >= 0.6 is 0 Å². The molecule has 0 spiro atoms. The van der Waals surface area contributed by atoms with Gasteiger partial charge in [-0.25, -0.2) is 0 Å². The summed E-state index contributed by atoms with van der Waals surface area (Å²) < 4.78 is 4.88. The molecule has 4 heteroatoms. The number of amides is 1. The molecule has 0 fully saturated rings. The Balaban J connectivity index is 2.02. The van der Waals surface area contributed by atoms with Crippen molar-refractivity contribution in [2.45, 2.75) is 25.8 Å². The van der Waals surface area contributed by atoms with Gasteiger partial charge in [0, 0.05) is 12.8 Å². The van der Waals surface area contributed by atoms with E-state index in [1.807, 2.05) is 24.3 Å². The van der Waals surface area contributed by atoms with Gasteiger partial charge in [0.05, 0.1) is 6.61 Å². The number of carbonyl (C=O) groups is 1. The van der Waals surface area contributed by atoms with Crippen molar-refractivity contribution in [1.82, 2.24) is 0 Å². The van der Waals surface area contributed by atoms with Crippen molar-refractivity contribution in [3.63, 3.8) is 0 Å². The monoisotopic (exact) mass is 312 g/mol. The molecule has 0 aliphatic carbocycles. The Morgan fingerprint density at radius 2 is 1.65 bits per heavy atom. The van der Waals surface area contributed by atoms with Gasteiger partial charge in [0.15, 0.2) is 0 Å². The van der Waals surface area contributed by atoms with Crippen LogP contribution in [0.2, 0.25) is 0 Å². The van der Waals surface area contributed by atoms with Crippen LogP contribution in [0.25, 0.3) is 11.1 Å². The summed E-state index contributed by atoms with van der Waals surface area (Å²) in [4.78, 5) is 11.8. The first kappa shape index (κ1) is 17.2. The van der Waals surface area contributed by atoms with Crippen molar-refractivity contribution in [3.05, 3.63) is 54.1 Å². The topological polar surface area (TPSA) is 64.4 Å². The lowest BCUT2D eigenvalue weighted by Crippen LogP contribution is -2.39. The number of ether oxygens (including phenoxy) is 1. The molecule has 0 bridgehead atoms. The Hall–Kier alpha value is -2.17. The first-order valence-corrected chi connectivity index (χ1v) is 7.88. The minimum atomic E-state index is -0.661. The van der Waals surface area contributed by atoms with Crippen molar-refractivity contribution in [2.24, 2.45) is 5.73 Å². The van der Waals surface area contributed by atoms with Gasteiger partial charge in [-0.05, 0) is 35.2 Å². The van der Waals surface area contributed by atoms with E-state index in [1.165, 1.54) is 18.2 Å². The van der Waals surface area contributed by atoms with Crippen LogP contribution in [-0.2, 0) is 16.0 Å². The Bertz CT molecular complexity index is 621. The molecule has 1 amide bonds. The molecule has 4 nitrogen and oxygen atoms in total. The second kappa shape index (κ2) is 8.46. The molecule has 0 saturated carbocycles. The van der Waals surface area contributed by atoms with Crippen molar-refractivity contribution >= 4 is 11.6 Å². The number of hydrogen-bond donors (Lipinski definition) is 2. The Labute approximate surface area is 137 Å². The fraction of sp³-hybridized carbons (Fsp3) is 0.316. The highest BCUT2D eigenvalue weighted by atomic mass is 16.5. The molecule has 0 heterocycles. The summed E-state index contributed by atoms with van der Waals surface area (Å²) in [6.45, 7) is 2.38. The van der Waals surface area contributed by atoms with Crippen LogP contribution in [0.1, 0.15) is 18.9 Å². The maximum atomic E-state index is 11.8. The van der Waals surface area contributed by atoms with Crippen molar-refractivity contribution < 1.29 is 9.53 Å². The summed E-state index contributed by atoms with van der Waals surface area (Å²) in [6.07, 6.45) is 2.26. The predicted octanol–water partition coefficient (Wildman–Crippen LogP) is 3.22. The van der Waals surface area contributed by atoms with Gasteiger partial charge in [-0.15, -0.1) is 0 Å². The second-order valence-electron chi connectivity index (χ2n) is 5.58. The number of methoxy groups -OCH3 is 1. The van der Waals surface area contributed by atoms with Crippen molar-refractivity contribution in [1.29, 1.82) is 0 Å². The van der Waals surface area contributed by atoms with Gasteiger partial charge >= 0.3 is 0 Å². The Morgan fingerprint density at radius 3 is 2.17 bits per heavy atom. The normalized spacial score (nSPS) is 12.0. The molecular weight excluding hydrogens is 288 g/mol. The van der Waals surface area contributed by atoms with Gasteiger partial charge in [0.1, 0.15) is 6.04 Å². The number of aryl methyl sites for hydroxylation is 1. The average Bonchev–Trinajstić information content (AvgIpc) is 2.57. The predicted molar refractivity (Wildman–Crippen MR) is 94.4 cm³/mol. The second-order valence-corrected chi connectivity index (χ2v) is 5.58. The molecule has 1 unspecified atom stereocenters. The first-order valence-electron chi connectivity index (χ1n) is 7.88. The van der Waals surface area contributed by atoms with Crippen LogP contribution < -0.4 is 11.1 Å². The zero-order chi connectivity index (χ0) is 16.7. The molecule has 0 aromatic heterocycles. The standard InChI is InChI=1S/C19H24N2O2/c1-3-4-14-5-7-15(8-6-14)16-9-11-17(12-10-16)21-19(22)18(20)13-23-2/h5-12,18H,3-4,13,20H2,1-2H3,(H,21,22). The summed E-state index contributed by atoms with van der Waals surface area (Å²) in [7, 11) is 1.52. The van der Waals surface area contributed by atoms with Crippen LogP contribution in [0.15, 0.2) is 48.5 Å². The molecule has 122 valence electrons. The van der Waals surface area contributed by atoms with Gasteiger partial charge in [-0.1, -0.05) is 49.7 Å². The number of carbonyl (C=O) groups excluding carboxylic acids is 1. The molecule has 23 heavy (non-hydrogen) atoms. The first-order chi connectivity index (χ1) is 11.1. The van der Waals surface area contributed by atoms with E-state index in [0.717, 1.165) is 24.1 Å². The van der Waals surface area contributed by atoms with E-state index >= 15 is 0 Å².